The molecule has 2 aromatic heterocycles. The summed E-state index contributed by atoms with van der Waals surface area (Å²) in [7, 11) is 1.80. The normalized spacial score (nSPS) is 11.3. The highest BCUT2D eigenvalue weighted by atomic mass is 35.5. The van der Waals surface area contributed by atoms with Gasteiger partial charge in [0, 0.05) is 18.5 Å². The van der Waals surface area contributed by atoms with Crippen LogP contribution >= 0.6 is 34.8 Å². The van der Waals surface area contributed by atoms with E-state index in [4.69, 9.17) is 39.8 Å². The van der Waals surface area contributed by atoms with E-state index in [1.165, 1.54) is 0 Å². The van der Waals surface area contributed by atoms with Gasteiger partial charge in [-0.2, -0.15) is 0 Å². The average Bonchev–Trinajstić information content (AvgIpc) is 3.01. The molecule has 27 heavy (non-hydrogen) atoms. The zero-order valence-corrected chi connectivity index (χ0v) is 16.4. The number of nitrogens with zero attached hydrogens (tertiary/aromatic N) is 4. The number of aryl methyl sites for hydroxylation is 1. The first-order valence-electron chi connectivity index (χ1n) is 8.07. The zero-order chi connectivity index (χ0) is 19.1. The number of fused-ring (bicyclic) bond motifs is 1. The molecule has 0 N–H and O–H groups in total. The highest BCUT2D eigenvalue weighted by molar-refractivity contribution is 6.42. The van der Waals surface area contributed by atoms with E-state index in [2.05, 4.69) is 4.98 Å². The first-order chi connectivity index (χ1) is 12.9. The quantitative estimate of drug-likeness (QED) is 0.485. The molecule has 2 aromatic carbocycles. The third-order valence-corrected chi connectivity index (χ3v) is 5.23. The predicted octanol–water partition coefficient (Wildman–Crippen LogP) is 4.67. The SMILES string of the molecule is Cn1cnc2c(=O)n(-c3ccc(Cl)cc3)c(Cc3ccc(Cl)c(Cl)c3)nc21. The van der Waals surface area contributed by atoms with Gasteiger partial charge < -0.3 is 4.57 Å². The van der Waals surface area contributed by atoms with Gasteiger partial charge in [0.25, 0.3) is 5.56 Å². The number of rotatable bonds is 3. The van der Waals surface area contributed by atoms with Crippen LogP contribution in [0, 0.1) is 0 Å². The Bertz CT molecular complexity index is 1210. The first kappa shape index (κ1) is 18.0. The zero-order valence-electron chi connectivity index (χ0n) is 14.2. The van der Waals surface area contributed by atoms with Crippen molar-refractivity contribution in [3.63, 3.8) is 0 Å². The first-order valence-corrected chi connectivity index (χ1v) is 9.20. The molecular formula is C19H13Cl3N4O. The third-order valence-electron chi connectivity index (χ3n) is 4.24. The molecule has 0 aliphatic heterocycles. The van der Waals surface area contributed by atoms with Crippen LogP contribution in [0.3, 0.4) is 0 Å². The summed E-state index contributed by atoms with van der Waals surface area (Å²) in [5.74, 6) is 0.566. The summed E-state index contributed by atoms with van der Waals surface area (Å²) < 4.78 is 3.27. The summed E-state index contributed by atoms with van der Waals surface area (Å²) in [4.78, 5) is 22.0. The lowest BCUT2D eigenvalue weighted by atomic mass is 10.1. The Morgan fingerprint density at radius 3 is 2.44 bits per heavy atom. The summed E-state index contributed by atoms with van der Waals surface area (Å²) in [5.41, 5.74) is 2.16. The lowest BCUT2D eigenvalue weighted by molar-refractivity contribution is 0.832. The van der Waals surface area contributed by atoms with E-state index in [0.717, 1.165) is 5.56 Å². The van der Waals surface area contributed by atoms with Crippen molar-refractivity contribution in [2.45, 2.75) is 6.42 Å². The molecule has 0 saturated carbocycles. The summed E-state index contributed by atoms with van der Waals surface area (Å²) in [5, 5.41) is 1.52. The fraction of sp³-hybridized carbons (Fsp3) is 0.105. The van der Waals surface area contributed by atoms with Crippen molar-refractivity contribution in [2.75, 3.05) is 0 Å². The molecule has 0 bridgehead atoms. The summed E-state index contributed by atoms with van der Waals surface area (Å²) in [6.07, 6.45) is 1.98. The summed E-state index contributed by atoms with van der Waals surface area (Å²) >= 11 is 18.1. The van der Waals surface area contributed by atoms with Crippen LogP contribution in [-0.2, 0) is 13.5 Å². The van der Waals surface area contributed by atoms with Crippen LogP contribution in [0.5, 0.6) is 0 Å². The number of imidazole rings is 1. The Morgan fingerprint density at radius 2 is 1.74 bits per heavy atom. The molecule has 5 nitrogen and oxygen atoms in total. The van der Waals surface area contributed by atoms with Gasteiger partial charge in [-0.05, 0) is 42.0 Å². The topological polar surface area (TPSA) is 52.7 Å². The van der Waals surface area contributed by atoms with Gasteiger partial charge in [0.1, 0.15) is 5.82 Å². The Labute approximate surface area is 169 Å². The van der Waals surface area contributed by atoms with E-state index in [9.17, 15) is 4.79 Å². The van der Waals surface area contributed by atoms with Crippen molar-refractivity contribution in [1.29, 1.82) is 0 Å². The summed E-state index contributed by atoms with van der Waals surface area (Å²) in [6, 6.07) is 12.4. The molecule has 0 aliphatic rings. The van der Waals surface area contributed by atoms with Crippen molar-refractivity contribution in [1.82, 2.24) is 19.1 Å². The van der Waals surface area contributed by atoms with Crippen LogP contribution in [0.4, 0.5) is 0 Å². The second-order valence-corrected chi connectivity index (χ2v) is 7.35. The van der Waals surface area contributed by atoms with Gasteiger partial charge in [-0.15, -0.1) is 0 Å². The van der Waals surface area contributed by atoms with Crippen molar-refractivity contribution in [2.24, 2.45) is 7.05 Å². The second kappa shape index (κ2) is 7.00. The van der Waals surface area contributed by atoms with Crippen LogP contribution in [0.25, 0.3) is 16.9 Å². The minimum Gasteiger partial charge on any atom is -0.318 e. The minimum atomic E-state index is -0.238. The lowest BCUT2D eigenvalue weighted by Gasteiger charge is -2.13. The van der Waals surface area contributed by atoms with E-state index in [1.54, 1.807) is 58.9 Å². The Hall–Kier alpha value is -2.34. The monoisotopic (exact) mass is 418 g/mol. The molecule has 0 atom stereocenters. The fourth-order valence-corrected chi connectivity index (χ4v) is 3.36. The van der Waals surface area contributed by atoms with Crippen LogP contribution < -0.4 is 5.56 Å². The molecule has 0 aliphatic carbocycles. The number of hydrogen-bond acceptors (Lipinski definition) is 3. The van der Waals surface area contributed by atoms with Gasteiger partial charge in [-0.25, -0.2) is 9.97 Å². The van der Waals surface area contributed by atoms with Crippen LogP contribution in [0.2, 0.25) is 15.1 Å². The van der Waals surface area contributed by atoms with Gasteiger partial charge in [0.2, 0.25) is 0 Å². The lowest BCUT2D eigenvalue weighted by Crippen LogP contribution is -2.24. The smallest absolute Gasteiger partial charge is 0.286 e. The number of benzene rings is 2. The van der Waals surface area contributed by atoms with Crippen LogP contribution in [-0.4, -0.2) is 19.1 Å². The molecule has 2 heterocycles. The Kier molecular flexibility index (Phi) is 4.68. The van der Waals surface area contributed by atoms with E-state index >= 15 is 0 Å². The van der Waals surface area contributed by atoms with Crippen molar-refractivity contribution < 1.29 is 0 Å². The maximum atomic E-state index is 13.1. The molecule has 136 valence electrons. The highest BCUT2D eigenvalue weighted by Gasteiger charge is 2.16. The third kappa shape index (κ3) is 3.34. The van der Waals surface area contributed by atoms with Gasteiger partial charge in [-0.1, -0.05) is 40.9 Å². The molecule has 0 fully saturated rings. The fourth-order valence-electron chi connectivity index (χ4n) is 2.91. The number of hydrogen-bond donors (Lipinski definition) is 0. The standard InChI is InChI=1S/C19H13Cl3N4O/c1-25-10-23-17-18(25)24-16(9-11-2-7-14(21)15(22)8-11)26(19(17)27)13-5-3-12(20)4-6-13/h2-8,10H,9H2,1H3. The molecular weight excluding hydrogens is 407 g/mol. The molecule has 0 saturated heterocycles. The minimum absolute atomic E-state index is 0.238. The molecule has 0 amide bonds. The van der Waals surface area contributed by atoms with Crippen molar-refractivity contribution in [3.05, 3.63) is 85.6 Å². The van der Waals surface area contributed by atoms with Gasteiger partial charge in [0.05, 0.1) is 22.1 Å². The predicted molar refractivity (Wildman–Crippen MR) is 108 cm³/mol. The Balaban J connectivity index is 1.95. The van der Waals surface area contributed by atoms with Crippen LogP contribution in [0.1, 0.15) is 11.4 Å². The van der Waals surface area contributed by atoms with Crippen LogP contribution in [0.15, 0.2) is 53.6 Å². The van der Waals surface area contributed by atoms with Crippen molar-refractivity contribution in [3.8, 4) is 5.69 Å². The largest absolute Gasteiger partial charge is 0.318 e. The summed E-state index contributed by atoms with van der Waals surface area (Å²) in [6.45, 7) is 0. The van der Waals surface area contributed by atoms with Gasteiger partial charge in [-0.3, -0.25) is 9.36 Å². The maximum absolute atomic E-state index is 13.1. The molecule has 0 radical (unpaired) electrons. The van der Waals surface area contributed by atoms with Crippen molar-refractivity contribution >= 4 is 46.0 Å². The molecule has 4 aromatic rings. The molecule has 0 unspecified atom stereocenters. The average molecular weight is 420 g/mol. The number of halogens is 3. The number of aromatic nitrogens is 4. The van der Waals surface area contributed by atoms with E-state index < -0.39 is 0 Å². The van der Waals surface area contributed by atoms with Gasteiger partial charge in [0.15, 0.2) is 11.2 Å². The van der Waals surface area contributed by atoms with E-state index in [-0.39, 0.29) is 5.56 Å². The maximum Gasteiger partial charge on any atom is 0.286 e. The molecule has 8 heteroatoms. The highest BCUT2D eigenvalue weighted by Crippen LogP contribution is 2.24. The Morgan fingerprint density at radius 1 is 1.00 bits per heavy atom. The van der Waals surface area contributed by atoms with E-state index in [0.29, 0.717) is 44.2 Å². The second-order valence-electron chi connectivity index (χ2n) is 6.10. The molecule has 0 spiro atoms. The molecule has 4 rings (SSSR count). The van der Waals surface area contributed by atoms with Gasteiger partial charge >= 0.3 is 0 Å². The van der Waals surface area contributed by atoms with E-state index in [1.807, 2.05) is 6.07 Å².